The van der Waals surface area contributed by atoms with Crippen LogP contribution in [0.1, 0.15) is 16.9 Å². The van der Waals surface area contributed by atoms with Crippen LogP contribution in [0.4, 0.5) is 11.4 Å². The summed E-state index contributed by atoms with van der Waals surface area (Å²) >= 11 is 6.25. The fourth-order valence-corrected chi connectivity index (χ4v) is 4.45. The molecule has 4 rings (SSSR count). The van der Waals surface area contributed by atoms with E-state index in [4.69, 9.17) is 16.1 Å². The fourth-order valence-electron chi connectivity index (χ4n) is 3.17. The number of aliphatic imine (C=N–C) groups is 1. The van der Waals surface area contributed by atoms with E-state index < -0.39 is 15.9 Å². The predicted molar refractivity (Wildman–Crippen MR) is 126 cm³/mol. The Morgan fingerprint density at radius 1 is 1.00 bits per heavy atom. The van der Waals surface area contributed by atoms with E-state index in [0.717, 1.165) is 5.56 Å². The quantitative estimate of drug-likeness (QED) is 0.313. The smallest absolute Gasteiger partial charge is 0.261 e. The highest BCUT2D eigenvalue weighted by molar-refractivity contribution is 7.92. The number of nitrogens with zero attached hydrogens (tertiary/aromatic N) is 2. The zero-order valence-corrected chi connectivity index (χ0v) is 19.3. The van der Waals surface area contributed by atoms with Crippen molar-refractivity contribution in [3.63, 3.8) is 0 Å². The van der Waals surface area contributed by atoms with Crippen molar-refractivity contribution >= 4 is 38.9 Å². The van der Waals surface area contributed by atoms with E-state index in [-0.39, 0.29) is 10.5 Å². The molecule has 0 atom stereocenters. The maximum Gasteiger partial charge on any atom is 0.261 e. The average molecular weight is 481 g/mol. The molecular weight excluding hydrogens is 462 g/mol. The van der Waals surface area contributed by atoms with Crippen LogP contribution < -0.4 is 9.83 Å². The molecule has 0 aliphatic heterocycles. The van der Waals surface area contributed by atoms with Gasteiger partial charge >= 0.3 is 0 Å². The van der Waals surface area contributed by atoms with Gasteiger partial charge in [0.1, 0.15) is 11.5 Å². The molecule has 1 aromatic heterocycles. The highest BCUT2D eigenvalue weighted by Gasteiger charge is 2.17. The van der Waals surface area contributed by atoms with Gasteiger partial charge in [0.25, 0.3) is 10.0 Å². The Kier molecular flexibility index (Phi) is 6.22. The predicted octanol–water partition coefficient (Wildman–Crippen LogP) is 4.85. The van der Waals surface area contributed by atoms with E-state index in [1.54, 1.807) is 55.5 Å². The normalized spacial score (nSPS) is 12.0. The van der Waals surface area contributed by atoms with Crippen molar-refractivity contribution in [2.45, 2.75) is 18.7 Å². The third-order valence-electron chi connectivity index (χ3n) is 4.89. The fraction of sp³-hybridized carbons (Fsp3) is 0.0833. The standard InChI is InChI=1S/C24H20ClN3O4S/c1-15-7-13-19(14-8-15)33(30,31)28-18-11-9-17(10-12-18)26-24(29)22-16(2)32-27-23(22)20-5-3-4-6-21(20)25/h3-14,28H,1-2H3,(H,26,29)/p-1. The van der Waals surface area contributed by atoms with Gasteiger partial charge in [0, 0.05) is 17.1 Å². The molecule has 0 saturated heterocycles. The van der Waals surface area contributed by atoms with Gasteiger partial charge in [-0.25, -0.2) is 8.42 Å². The highest BCUT2D eigenvalue weighted by atomic mass is 35.5. The lowest BCUT2D eigenvalue weighted by molar-refractivity contribution is -0.212. The van der Waals surface area contributed by atoms with E-state index in [1.165, 1.54) is 24.3 Å². The largest absolute Gasteiger partial charge is 0.858 e. The van der Waals surface area contributed by atoms with E-state index >= 15 is 0 Å². The van der Waals surface area contributed by atoms with E-state index in [0.29, 0.717) is 33.4 Å². The summed E-state index contributed by atoms with van der Waals surface area (Å²) in [7, 11) is -3.73. The minimum absolute atomic E-state index is 0.159. The Hall–Kier alpha value is -3.62. The van der Waals surface area contributed by atoms with Crippen molar-refractivity contribution in [3.8, 4) is 11.3 Å². The Morgan fingerprint density at radius 2 is 1.67 bits per heavy atom. The second kappa shape index (κ2) is 9.09. The molecule has 3 aromatic carbocycles. The van der Waals surface area contributed by atoms with Crippen LogP contribution in [0.2, 0.25) is 5.02 Å². The summed E-state index contributed by atoms with van der Waals surface area (Å²) < 4.78 is 32.8. The number of benzene rings is 3. The molecular formula is C24H19ClN3O4S-. The first-order valence-electron chi connectivity index (χ1n) is 9.91. The first-order valence-corrected chi connectivity index (χ1v) is 11.8. The van der Waals surface area contributed by atoms with Gasteiger partial charge < -0.3 is 9.63 Å². The Morgan fingerprint density at radius 3 is 2.33 bits per heavy atom. The van der Waals surface area contributed by atoms with Gasteiger partial charge in [-0.2, -0.15) is 0 Å². The van der Waals surface area contributed by atoms with Crippen molar-refractivity contribution in [2.75, 3.05) is 4.72 Å². The molecule has 1 N–H and O–H groups in total. The minimum Gasteiger partial charge on any atom is -0.858 e. The van der Waals surface area contributed by atoms with Crippen LogP contribution in [0.5, 0.6) is 0 Å². The van der Waals surface area contributed by atoms with Crippen LogP contribution in [-0.2, 0) is 10.0 Å². The lowest BCUT2D eigenvalue weighted by Gasteiger charge is -2.12. The lowest BCUT2D eigenvalue weighted by Crippen LogP contribution is -2.19. The van der Waals surface area contributed by atoms with E-state index in [2.05, 4.69) is 14.9 Å². The van der Waals surface area contributed by atoms with Crippen molar-refractivity contribution in [2.24, 2.45) is 4.99 Å². The summed E-state index contributed by atoms with van der Waals surface area (Å²) in [5, 5.41) is 17.3. The first-order chi connectivity index (χ1) is 15.7. The maximum absolute atomic E-state index is 12.9. The molecule has 0 unspecified atom stereocenters. The van der Waals surface area contributed by atoms with Crippen LogP contribution >= 0.6 is 11.6 Å². The molecule has 0 aliphatic carbocycles. The first kappa shape index (κ1) is 22.6. The van der Waals surface area contributed by atoms with Gasteiger partial charge in [-0.1, -0.05) is 52.7 Å². The van der Waals surface area contributed by atoms with Gasteiger partial charge in [0.05, 0.1) is 21.2 Å². The molecule has 1 heterocycles. The molecule has 0 saturated carbocycles. The second-order valence-corrected chi connectivity index (χ2v) is 9.41. The van der Waals surface area contributed by atoms with Crippen molar-refractivity contribution in [1.29, 1.82) is 0 Å². The van der Waals surface area contributed by atoms with Gasteiger partial charge in [0.2, 0.25) is 0 Å². The molecule has 33 heavy (non-hydrogen) atoms. The van der Waals surface area contributed by atoms with Gasteiger partial charge in [0.15, 0.2) is 0 Å². The van der Waals surface area contributed by atoms with Crippen molar-refractivity contribution in [3.05, 3.63) is 94.7 Å². The molecule has 0 amide bonds. The molecule has 7 nitrogen and oxygen atoms in total. The summed E-state index contributed by atoms with van der Waals surface area (Å²) in [5.41, 5.74) is 2.76. The molecule has 0 bridgehead atoms. The van der Waals surface area contributed by atoms with Crippen LogP contribution in [-0.4, -0.2) is 19.5 Å². The van der Waals surface area contributed by atoms with Crippen LogP contribution in [0, 0.1) is 13.8 Å². The van der Waals surface area contributed by atoms with E-state index in [9.17, 15) is 13.5 Å². The summed E-state index contributed by atoms with van der Waals surface area (Å²) in [6, 6.07) is 19.7. The van der Waals surface area contributed by atoms with Crippen LogP contribution in [0.15, 0.2) is 87.2 Å². The topological polar surface area (TPSA) is 108 Å². The zero-order valence-electron chi connectivity index (χ0n) is 17.7. The zero-order chi connectivity index (χ0) is 23.6. The number of hydrogen-bond acceptors (Lipinski definition) is 6. The molecule has 0 aliphatic rings. The molecule has 4 aromatic rings. The minimum atomic E-state index is -3.73. The number of aryl methyl sites for hydroxylation is 2. The van der Waals surface area contributed by atoms with Crippen molar-refractivity contribution in [1.82, 2.24) is 5.16 Å². The molecule has 0 radical (unpaired) electrons. The number of sulfonamides is 1. The monoisotopic (exact) mass is 480 g/mol. The maximum atomic E-state index is 12.9. The molecule has 0 fully saturated rings. The third kappa shape index (κ3) is 4.92. The SMILES string of the molecule is Cc1ccc(S(=O)(=O)Nc2ccc(N=C([O-])c3c(-c4ccccc4Cl)noc3C)cc2)cc1. The summed E-state index contributed by atoms with van der Waals surface area (Å²) in [4.78, 5) is 4.28. The highest BCUT2D eigenvalue weighted by Crippen LogP contribution is 2.31. The number of anilines is 1. The Balaban J connectivity index is 1.58. The van der Waals surface area contributed by atoms with Crippen LogP contribution in [0.25, 0.3) is 11.3 Å². The van der Waals surface area contributed by atoms with Crippen molar-refractivity contribution < 1.29 is 18.0 Å². The van der Waals surface area contributed by atoms with Crippen LogP contribution in [0.3, 0.4) is 0 Å². The Bertz CT molecular complexity index is 1430. The summed E-state index contributed by atoms with van der Waals surface area (Å²) in [6.07, 6.45) is 0. The molecule has 168 valence electrons. The van der Waals surface area contributed by atoms with Gasteiger partial charge in [-0.05, 0) is 56.3 Å². The average Bonchev–Trinajstić information content (AvgIpc) is 3.17. The number of rotatable bonds is 6. The summed E-state index contributed by atoms with van der Waals surface area (Å²) in [5.74, 6) is -0.224. The lowest BCUT2D eigenvalue weighted by atomic mass is 10.1. The number of hydrogen-bond donors (Lipinski definition) is 1. The number of nitrogens with one attached hydrogen (secondary N) is 1. The molecule has 9 heteroatoms. The third-order valence-corrected chi connectivity index (χ3v) is 6.61. The number of halogens is 1. The molecule has 0 spiro atoms. The number of aromatic nitrogens is 1. The Labute approximate surface area is 196 Å². The second-order valence-electron chi connectivity index (χ2n) is 7.32. The summed E-state index contributed by atoms with van der Waals surface area (Å²) in [6.45, 7) is 3.50. The van der Waals surface area contributed by atoms with Gasteiger partial charge in [-0.15, -0.1) is 0 Å². The van der Waals surface area contributed by atoms with E-state index in [1.807, 2.05) is 6.92 Å². The van der Waals surface area contributed by atoms with Gasteiger partial charge in [-0.3, -0.25) is 9.71 Å².